The van der Waals surface area contributed by atoms with Crippen molar-refractivity contribution in [2.75, 3.05) is 18.4 Å². The van der Waals surface area contributed by atoms with Crippen molar-refractivity contribution >= 4 is 35.1 Å². The Morgan fingerprint density at radius 2 is 1.92 bits per heavy atom. The number of benzene rings is 1. The van der Waals surface area contributed by atoms with Crippen LogP contribution in [0.25, 0.3) is 0 Å². The molecule has 1 amide bonds. The number of rotatable bonds is 9. The monoisotopic (exact) mass is 394 g/mol. The zero-order valence-electron chi connectivity index (χ0n) is 15.1. The molecule has 0 aliphatic carbocycles. The Morgan fingerprint density at radius 3 is 2.65 bits per heavy atom. The average molecular weight is 395 g/mol. The molecule has 0 spiro atoms. The van der Waals surface area contributed by atoms with Crippen LogP contribution in [0.5, 0.6) is 0 Å². The first-order valence-electron chi connectivity index (χ1n) is 8.81. The molecule has 1 aromatic carbocycles. The summed E-state index contributed by atoms with van der Waals surface area (Å²) in [5, 5.41) is 7.30. The fraction of sp³-hybridized carbons (Fsp3) is 0.421. The van der Waals surface area contributed by atoms with Crippen LogP contribution in [-0.4, -0.2) is 29.0 Å². The lowest BCUT2D eigenvalue weighted by atomic mass is 10.1. The van der Waals surface area contributed by atoms with Crippen molar-refractivity contribution < 1.29 is 4.79 Å². The number of carbonyl (C=O) groups is 1. The van der Waals surface area contributed by atoms with Crippen molar-refractivity contribution in [3.63, 3.8) is 0 Å². The summed E-state index contributed by atoms with van der Waals surface area (Å²) in [5.74, 6) is 0.268. The molecule has 1 aromatic heterocycles. The summed E-state index contributed by atoms with van der Waals surface area (Å²) in [6, 6.07) is 7.13. The number of unbranched alkanes of at least 4 members (excludes halogenated alkanes) is 2. The molecular weight excluding hydrogens is 371 g/mol. The Kier molecular flexibility index (Phi) is 8.13. The molecule has 7 heteroatoms. The third-order valence-electron chi connectivity index (χ3n) is 3.85. The second-order valence-electron chi connectivity index (χ2n) is 6.09. The van der Waals surface area contributed by atoms with E-state index in [9.17, 15) is 4.79 Å². The predicted octanol–water partition coefficient (Wildman–Crippen LogP) is 4.67. The first-order valence-corrected chi connectivity index (χ1v) is 9.57. The first kappa shape index (κ1) is 20.5. The minimum absolute atomic E-state index is 0.171. The van der Waals surface area contributed by atoms with Crippen LogP contribution in [-0.2, 0) is 6.42 Å². The van der Waals surface area contributed by atoms with Gasteiger partial charge in [0.2, 0.25) is 5.95 Å². The molecular formula is C19H24Cl2N4O. The van der Waals surface area contributed by atoms with Crippen LogP contribution in [0.2, 0.25) is 10.0 Å². The topological polar surface area (TPSA) is 66.9 Å². The highest BCUT2D eigenvalue weighted by Crippen LogP contribution is 2.21. The number of aryl methyl sites for hydroxylation is 1. The number of amides is 1. The Balaban J connectivity index is 1.93. The second-order valence-corrected chi connectivity index (χ2v) is 6.94. The maximum Gasteiger partial charge on any atom is 0.270 e. The Morgan fingerprint density at radius 1 is 1.12 bits per heavy atom. The third kappa shape index (κ3) is 6.46. The molecule has 0 unspecified atom stereocenters. The molecule has 2 rings (SSSR count). The standard InChI is InChI=1S/C19H24Cl2N4O/c1-3-4-5-9-22-18(26)17-11-13(2)24-19(25-17)23-10-8-14-6-7-15(20)12-16(14)21/h6-7,11-12H,3-5,8-10H2,1-2H3,(H,22,26)(H,23,24,25). The van der Waals surface area contributed by atoms with E-state index in [2.05, 4.69) is 27.5 Å². The van der Waals surface area contributed by atoms with E-state index in [-0.39, 0.29) is 5.91 Å². The van der Waals surface area contributed by atoms with Gasteiger partial charge in [0.15, 0.2) is 0 Å². The maximum absolute atomic E-state index is 12.2. The van der Waals surface area contributed by atoms with Gasteiger partial charge in [-0.15, -0.1) is 0 Å². The minimum atomic E-state index is -0.171. The Hall–Kier alpha value is -1.85. The van der Waals surface area contributed by atoms with Gasteiger partial charge in [-0.25, -0.2) is 9.97 Å². The molecule has 0 bridgehead atoms. The summed E-state index contributed by atoms with van der Waals surface area (Å²) in [4.78, 5) is 20.9. The van der Waals surface area contributed by atoms with Crippen molar-refractivity contribution in [1.29, 1.82) is 0 Å². The smallest absolute Gasteiger partial charge is 0.270 e. The van der Waals surface area contributed by atoms with Crippen molar-refractivity contribution in [2.45, 2.75) is 39.5 Å². The van der Waals surface area contributed by atoms with E-state index < -0.39 is 0 Å². The number of nitrogens with zero attached hydrogens (tertiary/aromatic N) is 2. The van der Waals surface area contributed by atoms with E-state index in [4.69, 9.17) is 23.2 Å². The number of nitrogens with one attached hydrogen (secondary N) is 2. The maximum atomic E-state index is 12.2. The van der Waals surface area contributed by atoms with Crippen LogP contribution < -0.4 is 10.6 Å². The van der Waals surface area contributed by atoms with Crippen molar-refractivity contribution in [2.24, 2.45) is 0 Å². The molecule has 26 heavy (non-hydrogen) atoms. The second kappa shape index (κ2) is 10.3. The van der Waals surface area contributed by atoms with Gasteiger partial charge in [-0.1, -0.05) is 49.0 Å². The van der Waals surface area contributed by atoms with Crippen LogP contribution >= 0.6 is 23.2 Å². The highest BCUT2D eigenvalue weighted by molar-refractivity contribution is 6.35. The summed E-state index contributed by atoms with van der Waals surface area (Å²) < 4.78 is 0. The molecule has 0 fully saturated rings. The number of hydrogen-bond acceptors (Lipinski definition) is 4. The van der Waals surface area contributed by atoms with Gasteiger partial charge in [0.25, 0.3) is 5.91 Å². The van der Waals surface area contributed by atoms with E-state index in [1.807, 2.05) is 19.1 Å². The molecule has 140 valence electrons. The first-order chi connectivity index (χ1) is 12.5. The van der Waals surface area contributed by atoms with Crippen molar-refractivity contribution in [3.05, 3.63) is 51.3 Å². The van der Waals surface area contributed by atoms with Gasteiger partial charge in [0.1, 0.15) is 5.69 Å². The Bertz CT molecular complexity index is 752. The highest BCUT2D eigenvalue weighted by Gasteiger charge is 2.10. The number of carbonyl (C=O) groups excluding carboxylic acids is 1. The van der Waals surface area contributed by atoms with E-state index in [0.29, 0.717) is 41.2 Å². The normalized spacial score (nSPS) is 10.6. The summed E-state index contributed by atoms with van der Waals surface area (Å²) in [7, 11) is 0. The largest absolute Gasteiger partial charge is 0.354 e. The lowest BCUT2D eigenvalue weighted by Gasteiger charge is -2.09. The van der Waals surface area contributed by atoms with Gasteiger partial charge in [-0.3, -0.25) is 4.79 Å². The number of halogens is 2. The average Bonchev–Trinajstić information content (AvgIpc) is 2.60. The molecule has 5 nitrogen and oxygen atoms in total. The van der Waals surface area contributed by atoms with Gasteiger partial charge in [-0.2, -0.15) is 0 Å². The van der Waals surface area contributed by atoms with Crippen molar-refractivity contribution in [1.82, 2.24) is 15.3 Å². The number of anilines is 1. The van der Waals surface area contributed by atoms with Gasteiger partial charge in [0, 0.05) is 28.8 Å². The van der Waals surface area contributed by atoms with E-state index >= 15 is 0 Å². The van der Waals surface area contributed by atoms with Crippen molar-refractivity contribution in [3.8, 4) is 0 Å². The van der Waals surface area contributed by atoms with E-state index in [1.165, 1.54) is 0 Å². The van der Waals surface area contributed by atoms with Crippen LogP contribution in [0, 0.1) is 6.92 Å². The van der Waals surface area contributed by atoms with Gasteiger partial charge in [-0.05, 0) is 43.5 Å². The summed E-state index contributed by atoms with van der Waals surface area (Å²) >= 11 is 12.1. The van der Waals surface area contributed by atoms with E-state index in [0.717, 1.165) is 30.5 Å². The minimum Gasteiger partial charge on any atom is -0.354 e. The molecule has 0 radical (unpaired) electrons. The predicted molar refractivity (Wildman–Crippen MR) is 107 cm³/mol. The Labute approximate surface area is 164 Å². The van der Waals surface area contributed by atoms with Gasteiger partial charge >= 0.3 is 0 Å². The number of aromatic nitrogens is 2. The van der Waals surface area contributed by atoms with Gasteiger partial charge in [0.05, 0.1) is 0 Å². The number of hydrogen-bond donors (Lipinski definition) is 2. The lowest BCUT2D eigenvalue weighted by molar-refractivity contribution is 0.0948. The third-order valence-corrected chi connectivity index (χ3v) is 4.43. The summed E-state index contributed by atoms with van der Waals surface area (Å²) in [6.45, 7) is 5.23. The van der Waals surface area contributed by atoms with Crippen LogP contribution in [0.3, 0.4) is 0 Å². The molecule has 0 atom stereocenters. The summed E-state index contributed by atoms with van der Waals surface area (Å²) in [6.07, 6.45) is 3.89. The molecule has 0 saturated carbocycles. The SMILES string of the molecule is CCCCCNC(=O)c1cc(C)nc(NCCc2ccc(Cl)cc2Cl)n1. The molecule has 0 aliphatic rings. The van der Waals surface area contributed by atoms with Gasteiger partial charge < -0.3 is 10.6 Å². The molecule has 2 N–H and O–H groups in total. The highest BCUT2D eigenvalue weighted by atomic mass is 35.5. The molecule has 0 saturated heterocycles. The molecule has 1 heterocycles. The summed E-state index contributed by atoms with van der Waals surface area (Å²) in [5.41, 5.74) is 2.11. The fourth-order valence-electron chi connectivity index (χ4n) is 2.46. The van der Waals surface area contributed by atoms with Crippen LogP contribution in [0.15, 0.2) is 24.3 Å². The fourth-order valence-corrected chi connectivity index (χ4v) is 2.97. The zero-order chi connectivity index (χ0) is 18.9. The van der Waals surface area contributed by atoms with Crippen LogP contribution in [0.4, 0.5) is 5.95 Å². The molecule has 0 aliphatic heterocycles. The van der Waals surface area contributed by atoms with Crippen LogP contribution in [0.1, 0.15) is 47.9 Å². The quantitative estimate of drug-likeness (QED) is 0.606. The van der Waals surface area contributed by atoms with E-state index in [1.54, 1.807) is 12.1 Å². The molecule has 2 aromatic rings. The lowest BCUT2D eigenvalue weighted by Crippen LogP contribution is -2.26. The zero-order valence-corrected chi connectivity index (χ0v) is 16.6.